The van der Waals surface area contributed by atoms with Crippen molar-refractivity contribution in [3.8, 4) is 0 Å². The number of carbonyl (C=O) groups excluding carboxylic acids is 2. The first-order valence-electron chi connectivity index (χ1n) is 6.27. The van der Waals surface area contributed by atoms with Crippen LogP contribution in [0.2, 0.25) is 0 Å². The van der Waals surface area contributed by atoms with E-state index in [1.165, 1.54) is 7.11 Å². The predicted octanol–water partition coefficient (Wildman–Crippen LogP) is 0.275. The first-order valence-corrected chi connectivity index (χ1v) is 6.27. The van der Waals surface area contributed by atoms with Crippen molar-refractivity contribution < 1.29 is 28.5 Å². The molecule has 0 saturated carbocycles. The average molecular weight is 326 g/mol. The molecule has 0 aromatic heterocycles. The van der Waals surface area contributed by atoms with Gasteiger partial charge in [0.25, 0.3) is 0 Å². The summed E-state index contributed by atoms with van der Waals surface area (Å²) in [5, 5.41) is 0. The average Bonchev–Trinajstić information content (AvgIpc) is 2.46. The summed E-state index contributed by atoms with van der Waals surface area (Å²) >= 11 is 0. The van der Waals surface area contributed by atoms with E-state index in [1.54, 1.807) is 14.2 Å². The van der Waals surface area contributed by atoms with Crippen LogP contribution in [0.25, 0.3) is 0 Å². The predicted molar refractivity (Wildman–Crippen MR) is 79.6 cm³/mol. The second-order valence-corrected chi connectivity index (χ2v) is 3.85. The first-order chi connectivity index (χ1) is 9.63. The molecule has 0 heterocycles. The monoisotopic (exact) mass is 325 g/mol. The third-order valence-electron chi connectivity index (χ3n) is 2.43. The lowest BCUT2D eigenvalue weighted by Gasteiger charge is -2.20. The van der Waals surface area contributed by atoms with E-state index < -0.39 is 11.9 Å². The van der Waals surface area contributed by atoms with Crippen LogP contribution in [0.15, 0.2) is 12.2 Å². The van der Waals surface area contributed by atoms with Crippen molar-refractivity contribution in [2.75, 3.05) is 60.8 Å². The van der Waals surface area contributed by atoms with Crippen molar-refractivity contribution in [3.05, 3.63) is 12.2 Å². The molecular formula is C13H24ClNO6. The van der Waals surface area contributed by atoms with Gasteiger partial charge in [-0.05, 0) is 0 Å². The van der Waals surface area contributed by atoms with Gasteiger partial charge in [0.1, 0.15) is 6.61 Å². The standard InChI is InChI=1S/C13H23NO6.ClH/c1-17-9-6-14(7-10-18-2)8-11-20-13(16)5-4-12(15)19-3;/h4-5H,6-11H2,1-3H3;1H. The Morgan fingerprint density at radius 3 is 1.81 bits per heavy atom. The van der Waals surface area contributed by atoms with Gasteiger partial charge in [-0.2, -0.15) is 0 Å². The molecule has 0 bridgehead atoms. The van der Waals surface area contributed by atoms with Gasteiger partial charge >= 0.3 is 11.9 Å². The van der Waals surface area contributed by atoms with Crippen molar-refractivity contribution in [1.29, 1.82) is 0 Å². The Morgan fingerprint density at radius 2 is 1.33 bits per heavy atom. The molecule has 0 aliphatic rings. The summed E-state index contributed by atoms with van der Waals surface area (Å²) < 4.78 is 19.3. The lowest BCUT2D eigenvalue weighted by molar-refractivity contribution is -0.139. The lowest BCUT2D eigenvalue weighted by atomic mass is 10.4. The summed E-state index contributed by atoms with van der Waals surface area (Å²) in [6.45, 7) is 3.47. The molecule has 0 amide bonds. The highest BCUT2D eigenvalue weighted by molar-refractivity contribution is 5.91. The van der Waals surface area contributed by atoms with Crippen LogP contribution in [0.1, 0.15) is 0 Å². The molecule has 124 valence electrons. The van der Waals surface area contributed by atoms with Gasteiger partial charge in [-0.3, -0.25) is 4.90 Å². The SMILES string of the molecule is COCCN(CCOC)CCOC(=O)C=CC(=O)OC.Cl. The van der Waals surface area contributed by atoms with Gasteiger partial charge in [0.05, 0.1) is 20.3 Å². The molecule has 8 heteroatoms. The molecule has 0 saturated heterocycles. The smallest absolute Gasteiger partial charge is 0.331 e. The molecule has 21 heavy (non-hydrogen) atoms. The fourth-order valence-corrected chi connectivity index (χ4v) is 1.30. The van der Waals surface area contributed by atoms with Gasteiger partial charge in [-0.15, -0.1) is 12.4 Å². The van der Waals surface area contributed by atoms with Crippen molar-refractivity contribution in [3.63, 3.8) is 0 Å². The Bertz CT molecular complexity index is 303. The van der Waals surface area contributed by atoms with E-state index in [1.807, 2.05) is 0 Å². The van der Waals surface area contributed by atoms with Gasteiger partial charge in [0.15, 0.2) is 0 Å². The van der Waals surface area contributed by atoms with E-state index in [-0.39, 0.29) is 19.0 Å². The zero-order chi connectivity index (χ0) is 15.2. The van der Waals surface area contributed by atoms with Crippen LogP contribution in [-0.2, 0) is 28.5 Å². The zero-order valence-corrected chi connectivity index (χ0v) is 13.5. The molecule has 0 rings (SSSR count). The third kappa shape index (κ3) is 13.6. The second-order valence-electron chi connectivity index (χ2n) is 3.85. The molecule has 0 aromatic rings. The van der Waals surface area contributed by atoms with E-state index in [9.17, 15) is 9.59 Å². The topological polar surface area (TPSA) is 74.3 Å². The summed E-state index contributed by atoms with van der Waals surface area (Å²) in [6.07, 6.45) is 2.07. The molecule has 0 unspecified atom stereocenters. The maximum absolute atomic E-state index is 11.3. The van der Waals surface area contributed by atoms with Gasteiger partial charge in [0, 0.05) is 46.0 Å². The first kappa shape index (κ1) is 22.1. The van der Waals surface area contributed by atoms with Gasteiger partial charge < -0.3 is 18.9 Å². The highest BCUT2D eigenvalue weighted by atomic mass is 35.5. The van der Waals surface area contributed by atoms with Crippen molar-refractivity contribution in [1.82, 2.24) is 4.90 Å². The van der Waals surface area contributed by atoms with Crippen LogP contribution in [0.4, 0.5) is 0 Å². The molecule has 0 atom stereocenters. The Kier molecular flexibility index (Phi) is 16.1. The molecule has 0 aliphatic carbocycles. The number of halogens is 1. The van der Waals surface area contributed by atoms with Crippen LogP contribution < -0.4 is 0 Å². The van der Waals surface area contributed by atoms with Gasteiger partial charge in [-0.1, -0.05) is 0 Å². The largest absolute Gasteiger partial charge is 0.466 e. The van der Waals surface area contributed by atoms with Crippen molar-refractivity contribution >= 4 is 24.3 Å². The van der Waals surface area contributed by atoms with E-state index >= 15 is 0 Å². The number of rotatable bonds is 11. The Morgan fingerprint density at radius 1 is 0.857 bits per heavy atom. The molecule has 0 N–H and O–H groups in total. The quantitative estimate of drug-likeness (QED) is 0.399. The minimum absolute atomic E-state index is 0. The van der Waals surface area contributed by atoms with Crippen LogP contribution in [0.3, 0.4) is 0 Å². The van der Waals surface area contributed by atoms with E-state index in [2.05, 4.69) is 9.64 Å². The number of esters is 2. The third-order valence-corrected chi connectivity index (χ3v) is 2.43. The van der Waals surface area contributed by atoms with Crippen LogP contribution >= 0.6 is 12.4 Å². The summed E-state index contributed by atoms with van der Waals surface area (Å²) in [5.74, 6) is -1.17. The maximum atomic E-state index is 11.3. The van der Waals surface area contributed by atoms with Gasteiger partial charge in [0.2, 0.25) is 0 Å². The zero-order valence-electron chi connectivity index (χ0n) is 12.7. The van der Waals surface area contributed by atoms with Gasteiger partial charge in [-0.25, -0.2) is 9.59 Å². The highest BCUT2D eigenvalue weighted by Crippen LogP contribution is 1.91. The fraction of sp³-hybridized carbons (Fsp3) is 0.692. The lowest BCUT2D eigenvalue weighted by Crippen LogP contribution is -2.34. The maximum Gasteiger partial charge on any atom is 0.331 e. The molecule has 7 nitrogen and oxygen atoms in total. The molecule has 0 radical (unpaired) electrons. The number of methoxy groups -OCH3 is 3. The molecule has 0 fully saturated rings. The number of hydrogen-bond acceptors (Lipinski definition) is 7. The summed E-state index contributed by atoms with van der Waals surface area (Å²) in [5.41, 5.74) is 0. The minimum Gasteiger partial charge on any atom is -0.466 e. The number of ether oxygens (including phenoxy) is 4. The van der Waals surface area contributed by atoms with Crippen LogP contribution in [0.5, 0.6) is 0 Å². The summed E-state index contributed by atoms with van der Waals surface area (Å²) in [4.78, 5) is 24.1. The Balaban J connectivity index is 0. The normalized spacial score (nSPS) is 10.5. The highest BCUT2D eigenvalue weighted by Gasteiger charge is 2.06. The van der Waals surface area contributed by atoms with Crippen molar-refractivity contribution in [2.45, 2.75) is 0 Å². The van der Waals surface area contributed by atoms with E-state index in [4.69, 9.17) is 14.2 Å². The Labute approximate surface area is 131 Å². The molecule has 0 aliphatic heterocycles. The number of hydrogen-bond donors (Lipinski definition) is 0. The fourth-order valence-electron chi connectivity index (χ4n) is 1.30. The number of nitrogens with zero attached hydrogens (tertiary/aromatic N) is 1. The van der Waals surface area contributed by atoms with E-state index in [0.717, 1.165) is 25.2 Å². The minimum atomic E-state index is -0.594. The molecule has 0 aromatic carbocycles. The number of carbonyl (C=O) groups is 2. The molecular weight excluding hydrogens is 302 g/mol. The van der Waals surface area contributed by atoms with Crippen molar-refractivity contribution in [2.24, 2.45) is 0 Å². The Hall–Kier alpha value is -1.15. The molecule has 0 spiro atoms. The van der Waals surface area contributed by atoms with Crippen LogP contribution in [-0.4, -0.2) is 77.6 Å². The van der Waals surface area contributed by atoms with Crippen LogP contribution in [0, 0.1) is 0 Å². The summed E-state index contributed by atoms with van der Waals surface area (Å²) in [6, 6.07) is 0. The summed E-state index contributed by atoms with van der Waals surface area (Å²) in [7, 11) is 4.50. The second kappa shape index (κ2) is 15.2. The van der Waals surface area contributed by atoms with E-state index in [0.29, 0.717) is 19.8 Å².